The third-order valence-corrected chi connectivity index (χ3v) is 26.1. The number of nitrogens with one attached hydrogen (secondary N) is 10. The summed E-state index contributed by atoms with van der Waals surface area (Å²) in [7, 11) is -5.26. The number of benzene rings is 9. The lowest BCUT2D eigenvalue weighted by Crippen LogP contribution is -2.29. The summed E-state index contributed by atoms with van der Waals surface area (Å²) in [5, 5.41) is 35.3. The van der Waals surface area contributed by atoms with Gasteiger partial charge in [0.1, 0.15) is 58.1 Å². The van der Waals surface area contributed by atoms with E-state index in [1.165, 1.54) is 105 Å². The second-order valence-electron chi connectivity index (χ2n) is 33.6. The Morgan fingerprint density at radius 3 is 1.32 bits per heavy atom. The van der Waals surface area contributed by atoms with Crippen LogP contribution in [0.5, 0.6) is 0 Å². The molecule has 766 valence electrons. The standard InChI is InChI=1S/C34H36F5N7O4S.C34H33F5N6O5S.C31H32F2N6O3S/c1-5-50-33(48)45-51(4,49)25-9-6-8-24(19-25)42-32-41-20-26(31(44-32)40-14-7-15-46(2)3)21-10-13-29(28(36)17-21)43-30(47)18-22-16-23(34(37,38)39)11-12-27(22)35;1-4-50-33(48)45-51(3,49)25-9-5-8-24(18-25)42-32-41-19-26(31(44-32)40-14-6-7-20(2)46)21-10-13-29(28(36)16-21)43-30(47)17-22-15-23(34(37,38)39)11-12-27(22)35;1-18-4-10-25(32)24(14-18)31(12-13-31)29(41)38-27-11-5-20(15-26(27)33)23-16-35-30(39-28(23)36-19(2)17-40)37-21-6-8-22(9-7-21)43(3,34)42/h6,8-13,16-17,19-20H,5,7,14-15,18H2,1-4H3,(H,43,47)(H2,40,41,42,44);5,8-13,15-16,18-19H,4,6-7,14,17H2,1-3H3,(H,43,47)(H2,40,41,42,44);4-11,14-16,19,34,40H,12-13,17H2,1-3H3,(H,38,41)(H2,35,36,37,39). The molecule has 0 saturated heterocycles. The van der Waals surface area contributed by atoms with Gasteiger partial charge in [0.15, 0.2) is 0 Å². The number of aliphatic hydroxyl groups excluding tert-OH is 1. The van der Waals surface area contributed by atoms with Crippen LogP contribution < -0.4 is 47.9 Å². The summed E-state index contributed by atoms with van der Waals surface area (Å²) in [6, 6.07) is 38.8. The number of aryl methyl sites for hydroxylation is 1. The molecular weight excluding hydrogens is 1970 g/mol. The van der Waals surface area contributed by atoms with Crippen molar-refractivity contribution in [3.63, 3.8) is 0 Å². The highest BCUT2D eigenvalue weighted by molar-refractivity contribution is 7.93. The van der Waals surface area contributed by atoms with E-state index in [4.69, 9.17) is 14.3 Å². The quantitative estimate of drug-likeness (QED) is 0.0128. The van der Waals surface area contributed by atoms with Gasteiger partial charge in [-0.25, -0.2) is 68.3 Å². The van der Waals surface area contributed by atoms with Gasteiger partial charge in [-0.1, -0.05) is 48.0 Å². The molecule has 0 bridgehead atoms. The number of nitrogens with zero attached hydrogens (tertiary/aromatic N) is 9. The zero-order valence-electron chi connectivity index (χ0n) is 79.5. The molecule has 9 aromatic carbocycles. The number of halogens is 12. The number of anilines is 12. The van der Waals surface area contributed by atoms with Crippen molar-refractivity contribution in [3.05, 3.63) is 269 Å². The number of rotatable bonds is 36. The molecule has 5 amide bonds. The lowest BCUT2D eigenvalue weighted by molar-refractivity contribution is -0.138. The van der Waals surface area contributed by atoms with Crippen LogP contribution in [0.2, 0.25) is 0 Å². The predicted molar refractivity (Wildman–Crippen MR) is 528 cm³/mol. The molecule has 11 N–H and O–H groups in total. The van der Waals surface area contributed by atoms with Crippen molar-refractivity contribution in [2.75, 3.05) is 120 Å². The Kier molecular flexibility index (Phi) is 36.8. The molecule has 1 saturated carbocycles. The minimum atomic E-state index is -4.74. The molecule has 31 nitrogen and oxygen atoms in total. The second kappa shape index (κ2) is 48.4. The van der Waals surface area contributed by atoms with Crippen LogP contribution in [0.25, 0.3) is 33.4 Å². The average molecular weight is 2070 g/mol. The fourth-order valence-electron chi connectivity index (χ4n) is 14.1. The number of hydrogen-bond donors (Lipinski definition) is 11. The van der Waals surface area contributed by atoms with Crippen LogP contribution in [-0.2, 0) is 88.4 Å². The van der Waals surface area contributed by atoms with Gasteiger partial charge in [-0.2, -0.15) is 41.3 Å². The van der Waals surface area contributed by atoms with Gasteiger partial charge in [0.25, 0.3) is 0 Å². The SMILES string of the molecule is CCOC(=O)N=S(C)(=O)c1cccc(Nc2ncc(-c3ccc(NC(=O)Cc4cc(C(F)(F)F)ccc4F)c(F)c3)c(NCCCC(C)=O)n2)c1.CCOC(=O)N=S(C)(=O)c1cccc(Nc2ncc(-c3ccc(NC(=O)Cc4cc(C(F)(F)F)ccc4F)c(F)c3)c(NCCCN(C)C)n2)c1.Cc1ccc(F)c(C2(C(=O)Nc3ccc(-c4cnc(Nc5ccc(S(C)(=N)=O)cc5)nc4NC(C)CO)cc3F)CC2)c1. The second-order valence-corrected chi connectivity index (χ2v) is 40.2. The third kappa shape index (κ3) is 31.0. The first-order valence-corrected chi connectivity index (χ1v) is 50.3. The Balaban J connectivity index is 0.000000208. The fraction of sp³-hybridized carbons (Fsp3) is 0.273. The van der Waals surface area contributed by atoms with Crippen LogP contribution >= 0.6 is 0 Å². The van der Waals surface area contributed by atoms with Crippen molar-refractivity contribution >= 4 is 134 Å². The molecule has 12 aromatic rings. The summed E-state index contributed by atoms with van der Waals surface area (Å²) in [5.74, 6) is -5.88. The molecular formula is C99H101F12N19O12S3. The molecule has 0 radical (unpaired) electrons. The Morgan fingerprint density at radius 2 is 0.917 bits per heavy atom. The van der Waals surface area contributed by atoms with Crippen molar-refractivity contribution in [2.45, 2.75) is 118 Å². The summed E-state index contributed by atoms with van der Waals surface area (Å²) < 4.78 is 230. The van der Waals surface area contributed by atoms with Gasteiger partial charge in [0, 0.05) is 117 Å². The smallest absolute Gasteiger partial charge is 0.442 e. The van der Waals surface area contributed by atoms with E-state index >= 15 is 13.2 Å². The number of aliphatic hydroxyl groups is 1. The van der Waals surface area contributed by atoms with Crippen LogP contribution in [0, 0.1) is 46.6 Å². The number of alkyl halides is 6. The van der Waals surface area contributed by atoms with Crippen molar-refractivity contribution < 1.29 is 109 Å². The molecule has 4 atom stereocenters. The van der Waals surface area contributed by atoms with E-state index in [9.17, 15) is 86.0 Å². The summed E-state index contributed by atoms with van der Waals surface area (Å²) >= 11 is 0. The van der Waals surface area contributed by atoms with Gasteiger partial charge in [0.05, 0.1) is 95.5 Å². The maximum atomic E-state index is 15.4. The number of Topliss-reactive ketones (excluding diaryl/α,β-unsaturated/α-hetero) is 1. The molecule has 0 spiro atoms. The summed E-state index contributed by atoms with van der Waals surface area (Å²) in [4.78, 5) is 103. The normalized spacial score (nSPS) is 13.4. The maximum absolute atomic E-state index is 15.4. The minimum Gasteiger partial charge on any atom is -0.448 e. The van der Waals surface area contributed by atoms with E-state index in [0.29, 0.717) is 142 Å². The Morgan fingerprint density at radius 1 is 0.503 bits per heavy atom. The van der Waals surface area contributed by atoms with E-state index in [2.05, 4.69) is 86.5 Å². The van der Waals surface area contributed by atoms with E-state index < -0.39 is 147 Å². The first-order chi connectivity index (χ1) is 68.5. The molecule has 4 unspecified atom stereocenters. The fourth-order valence-corrected chi connectivity index (χ4v) is 17.0. The third-order valence-electron chi connectivity index (χ3n) is 21.7. The Bertz CT molecular complexity index is 7210. The molecule has 3 heterocycles. The van der Waals surface area contributed by atoms with Crippen molar-refractivity contribution in [3.8, 4) is 33.4 Å². The summed E-state index contributed by atoms with van der Waals surface area (Å²) in [6.45, 7) is 9.80. The molecule has 46 heteroatoms. The van der Waals surface area contributed by atoms with Gasteiger partial charge in [0.2, 0.25) is 35.6 Å². The van der Waals surface area contributed by atoms with Crippen LogP contribution in [-0.4, -0.2) is 167 Å². The molecule has 1 aliphatic carbocycles. The van der Waals surface area contributed by atoms with Gasteiger partial charge in [-0.05, 0) is 248 Å². The number of carbonyl (C=O) groups is 6. The number of ketones is 1. The maximum Gasteiger partial charge on any atom is 0.442 e. The Hall–Kier alpha value is -15.0. The number of ether oxygens (including phenoxy) is 2. The highest BCUT2D eigenvalue weighted by Gasteiger charge is 2.53. The number of hydrogen-bond acceptors (Lipinski definition) is 26. The molecule has 1 fully saturated rings. The van der Waals surface area contributed by atoms with E-state index in [-0.39, 0.29) is 87.7 Å². The summed E-state index contributed by atoms with van der Waals surface area (Å²) in [6.07, 6.45) is -2.13. The highest BCUT2D eigenvalue weighted by Crippen LogP contribution is 2.51. The van der Waals surface area contributed by atoms with E-state index in [0.717, 1.165) is 30.7 Å². The topological polar surface area (TPSA) is 430 Å². The van der Waals surface area contributed by atoms with E-state index in [1.54, 1.807) is 93.6 Å². The molecule has 13 rings (SSSR count). The van der Waals surface area contributed by atoms with Crippen LogP contribution in [0.3, 0.4) is 0 Å². The highest BCUT2D eigenvalue weighted by atomic mass is 32.2. The van der Waals surface area contributed by atoms with Crippen molar-refractivity contribution in [1.82, 2.24) is 34.8 Å². The van der Waals surface area contributed by atoms with Crippen molar-refractivity contribution in [2.24, 2.45) is 8.73 Å². The van der Waals surface area contributed by atoms with Gasteiger partial charge >= 0.3 is 24.5 Å². The molecule has 145 heavy (non-hydrogen) atoms. The van der Waals surface area contributed by atoms with Crippen LogP contribution in [0.15, 0.2) is 224 Å². The van der Waals surface area contributed by atoms with Gasteiger partial charge in [-0.15, -0.1) is 8.73 Å². The van der Waals surface area contributed by atoms with Crippen molar-refractivity contribution in [1.29, 1.82) is 4.78 Å². The lowest BCUT2D eigenvalue weighted by atomic mass is 9.92. The van der Waals surface area contributed by atoms with Crippen LogP contribution in [0.4, 0.5) is 132 Å². The first-order valence-electron chi connectivity index (χ1n) is 44.5. The number of aromatic nitrogens is 6. The number of amides is 5. The monoisotopic (exact) mass is 2070 g/mol. The first kappa shape index (κ1) is 110. The molecule has 1 aliphatic rings. The van der Waals surface area contributed by atoms with E-state index in [1.807, 2.05) is 25.9 Å². The van der Waals surface area contributed by atoms with Crippen LogP contribution in [0.1, 0.15) is 93.2 Å². The summed E-state index contributed by atoms with van der Waals surface area (Å²) in [5.41, 5.74) is 0.0175. The largest absolute Gasteiger partial charge is 0.448 e. The minimum absolute atomic E-state index is 0.0142. The zero-order chi connectivity index (χ0) is 106. The van der Waals surface area contributed by atoms with Gasteiger partial charge < -0.3 is 72.1 Å². The lowest BCUT2D eigenvalue weighted by Gasteiger charge is -2.19. The number of carbonyl (C=O) groups excluding carboxylic acids is 6. The Labute approximate surface area is 827 Å². The molecule has 3 aromatic heterocycles. The van der Waals surface area contributed by atoms with Gasteiger partial charge in [-0.3, -0.25) is 14.4 Å². The zero-order valence-corrected chi connectivity index (χ0v) is 82.0. The predicted octanol–water partition coefficient (Wildman–Crippen LogP) is 21.1. The molecule has 0 aliphatic heterocycles. The average Bonchev–Trinajstić information content (AvgIpc) is 1.58.